The van der Waals surface area contributed by atoms with Crippen molar-refractivity contribution in [3.8, 4) is 5.82 Å². The maximum absolute atomic E-state index is 14.5. The van der Waals surface area contributed by atoms with Crippen molar-refractivity contribution in [2.45, 2.75) is 18.7 Å². The van der Waals surface area contributed by atoms with Crippen LogP contribution in [-0.2, 0) is 17.3 Å². The second kappa shape index (κ2) is 8.52. The smallest absolute Gasteiger partial charge is 0.371 e. The molecule has 1 saturated heterocycles. The SMILES string of the molecule is O=C(Cc1ccc([C@H]2CNCCO2)cc1F)c1cnn(-c2cncc(C(F)(F)F)n2)c1. The van der Waals surface area contributed by atoms with Crippen molar-refractivity contribution in [2.24, 2.45) is 0 Å². The summed E-state index contributed by atoms with van der Waals surface area (Å²) < 4.78 is 59.6. The fraction of sp³-hybridized carbons (Fsp3) is 0.300. The molecule has 4 rings (SSSR count). The number of morpholine rings is 1. The molecule has 1 atom stereocenters. The number of Topliss-reactive ketones (excluding diaryl/α,β-unsaturated/α-hetero) is 1. The van der Waals surface area contributed by atoms with Gasteiger partial charge in [0.1, 0.15) is 5.82 Å². The van der Waals surface area contributed by atoms with Gasteiger partial charge < -0.3 is 10.1 Å². The van der Waals surface area contributed by atoms with Crippen LogP contribution in [0.4, 0.5) is 17.6 Å². The minimum Gasteiger partial charge on any atom is -0.371 e. The van der Waals surface area contributed by atoms with Crippen LogP contribution >= 0.6 is 0 Å². The molecule has 7 nitrogen and oxygen atoms in total. The molecule has 0 unspecified atom stereocenters. The van der Waals surface area contributed by atoms with E-state index in [9.17, 15) is 22.4 Å². The first-order chi connectivity index (χ1) is 14.8. The van der Waals surface area contributed by atoms with Crippen molar-refractivity contribution in [2.75, 3.05) is 19.7 Å². The van der Waals surface area contributed by atoms with E-state index < -0.39 is 23.5 Å². The Morgan fingerprint density at radius 3 is 2.81 bits per heavy atom. The van der Waals surface area contributed by atoms with Gasteiger partial charge in [-0.15, -0.1) is 0 Å². The fourth-order valence-electron chi connectivity index (χ4n) is 3.16. The number of aromatic nitrogens is 4. The van der Waals surface area contributed by atoms with Crippen LogP contribution in [0.2, 0.25) is 0 Å². The Bertz CT molecular complexity index is 1090. The van der Waals surface area contributed by atoms with Crippen LogP contribution in [0.15, 0.2) is 43.0 Å². The number of alkyl halides is 3. The summed E-state index contributed by atoms with van der Waals surface area (Å²) in [6.45, 7) is 1.85. The molecule has 0 aliphatic carbocycles. The van der Waals surface area contributed by atoms with Gasteiger partial charge in [0.15, 0.2) is 17.3 Å². The van der Waals surface area contributed by atoms with Crippen molar-refractivity contribution in [1.29, 1.82) is 0 Å². The number of benzene rings is 1. The molecule has 11 heteroatoms. The van der Waals surface area contributed by atoms with E-state index in [1.807, 2.05) is 0 Å². The van der Waals surface area contributed by atoms with Crippen LogP contribution < -0.4 is 5.32 Å². The summed E-state index contributed by atoms with van der Waals surface area (Å²) in [6.07, 6.45) is -1.01. The van der Waals surface area contributed by atoms with Gasteiger partial charge in [0.05, 0.1) is 36.9 Å². The predicted molar refractivity (Wildman–Crippen MR) is 100 cm³/mol. The third-order valence-corrected chi connectivity index (χ3v) is 4.78. The molecule has 1 aliphatic rings. The zero-order valence-corrected chi connectivity index (χ0v) is 16.1. The van der Waals surface area contributed by atoms with E-state index in [2.05, 4.69) is 20.4 Å². The van der Waals surface area contributed by atoms with Crippen LogP contribution in [0.3, 0.4) is 0 Å². The highest BCUT2D eigenvalue weighted by Crippen LogP contribution is 2.27. The number of hydrogen-bond acceptors (Lipinski definition) is 6. The van der Waals surface area contributed by atoms with Gasteiger partial charge in [-0.2, -0.15) is 18.3 Å². The van der Waals surface area contributed by atoms with Crippen molar-refractivity contribution < 1.29 is 27.1 Å². The number of halogens is 4. The standard InChI is InChI=1S/C20H17F4N5O2/c21-15-5-13(17-8-25-3-4-31-17)2-1-12(15)6-16(30)14-7-27-29(11-14)19-10-26-9-18(28-19)20(22,23)24/h1-2,5,7,9-11,17,25H,3-4,6,8H2/t17-/m1/s1. The van der Waals surface area contributed by atoms with Crippen LogP contribution in [0.5, 0.6) is 0 Å². The summed E-state index contributed by atoms with van der Waals surface area (Å²) >= 11 is 0. The molecule has 2 aromatic heterocycles. The summed E-state index contributed by atoms with van der Waals surface area (Å²) in [5.74, 6) is -1.16. The Morgan fingerprint density at radius 2 is 2.10 bits per heavy atom. The first-order valence-corrected chi connectivity index (χ1v) is 9.39. The number of ether oxygens (including phenoxy) is 1. The average molecular weight is 435 g/mol. The molecular formula is C20H17F4N5O2. The maximum atomic E-state index is 14.5. The third-order valence-electron chi connectivity index (χ3n) is 4.78. The van der Waals surface area contributed by atoms with Gasteiger partial charge in [0, 0.05) is 25.7 Å². The molecule has 3 aromatic rings. The van der Waals surface area contributed by atoms with E-state index in [1.54, 1.807) is 6.07 Å². The quantitative estimate of drug-likeness (QED) is 0.490. The topological polar surface area (TPSA) is 81.9 Å². The molecule has 1 aliphatic heterocycles. The highest BCUT2D eigenvalue weighted by atomic mass is 19.4. The van der Waals surface area contributed by atoms with E-state index in [0.29, 0.717) is 24.9 Å². The Labute approximate surface area is 174 Å². The van der Waals surface area contributed by atoms with Gasteiger partial charge in [-0.1, -0.05) is 12.1 Å². The molecule has 1 fully saturated rings. The summed E-state index contributed by atoms with van der Waals surface area (Å²) in [5, 5.41) is 7.04. The van der Waals surface area contributed by atoms with Crippen LogP contribution in [0.25, 0.3) is 5.82 Å². The van der Waals surface area contributed by atoms with Crippen LogP contribution in [0, 0.1) is 5.82 Å². The molecule has 0 saturated carbocycles. The highest BCUT2D eigenvalue weighted by molar-refractivity contribution is 5.97. The van der Waals surface area contributed by atoms with E-state index in [0.717, 1.165) is 17.4 Å². The molecule has 0 amide bonds. The largest absolute Gasteiger partial charge is 0.434 e. The second-order valence-electron chi connectivity index (χ2n) is 6.95. The van der Waals surface area contributed by atoms with Crippen molar-refractivity contribution in [1.82, 2.24) is 25.1 Å². The Hall–Kier alpha value is -3.18. The normalized spacial score (nSPS) is 17.0. The average Bonchev–Trinajstić information content (AvgIpc) is 3.26. The number of rotatable bonds is 5. The minimum absolute atomic E-state index is 0.113. The number of nitrogens with zero attached hydrogens (tertiary/aromatic N) is 4. The number of carbonyl (C=O) groups excluding carboxylic acids is 1. The van der Waals surface area contributed by atoms with Crippen LogP contribution in [0.1, 0.15) is 33.3 Å². The van der Waals surface area contributed by atoms with Crippen molar-refractivity contribution in [3.63, 3.8) is 0 Å². The lowest BCUT2D eigenvalue weighted by Gasteiger charge is -2.24. The lowest BCUT2D eigenvalue weighted by atomic mass is 10.0. The zero-order chi connectivity index (χ0) is 22.0. The molecule has 31 heavy (non-hydrogen) atoms. The summed E-state index contributed by atoms with van der Waals surface area (Å²) in [7, 11) is 0. The number of carbonyl (C=O) groups is 1. The van der Waals surface area contributed by atoms with E-state index in [4.69, 9.17) is 4.74 Å². The second-order valence-corrected chi connectivity index (χ2v) is 6.95. The van der Waals surface area contributed by atoms with Gasteiger partial charge in [-0.25, -0.2) is 14.1 Å². The van der Waals surface area contributed by atoms with Crippen molar-refractivity contribution in [3.05, 3.63) is 71.2 Å². The Balaban J connectivity index is 1.48. The predicted octanol–water partition coefficient (Wildman–Crippen LogP) is 2.91. The summed E-state index contributed by atoms with van der Waals surface area (Å²) in [4.78, 5) is 19.5. The van der Waals surface area contributed by atoms with E-state index >= 15 is 0 Å². The minimum atomic E-state index is -4.66. The first kappa shape index (κ1) is 21.1. The third kappa shape index (κ3) is 4.78. The number of nitrogens with one attached hydrogen (secondary N) is 1. The molecule has 162 valence electrons. The van der Waals surface area contributed by atoms with Gasteiger partial charge in [-0.3, -0.25) is 9.78 Å². The fourth-order valence-corrected chi connectivity index (χ4v) is 3.16. The van der Waals surface area contributed by atoms with Gasteiger partial charge in [0.25, 0.3) is 0 Å². The maximum Gasteiger partial charge on any atom is 0.434 e. The Morgan fingerprint density at radius 1 is 1.26 bits per heavy atom. The summed E-state index contributed by atoms with van der Waals surface area (Å²) in [6, 6.07) is 4.59. The molecule has 3 heterocycles. The molecule has 0 spiro atoms. The highest BCUT2D eigenvalue weighted by Gasteiger charge is 2.33. The van der Waals surface area contributed by atoms with Crippen molar-refractivity contribution >= 4 is 5.78 Å². The molecule has 0 bridgehead atoms. The zero-order valence-electron chi connectivity index (χ0n) is 16.1. The summed E-state index contributed by atoms with van der Waals surface area (Å²) in [5.41, 5.74) is -0.184. The lowest BCUT2D eigenvalue weighted by molar-refractivity contribution is -0.141. The Kier molecular flexibility index (Phi) is 5.79. The monoisotopic (exact) mass is 435 g/mol. The molecule has 1 aromatic carbocycles. The van der Waals surface area contributed by atoms with E-state index in [1.165, 1.54) is 24.5 Å². The van der Waals surface area contributed by atoms with E-state index in [-0.39, 0.29) is 29.5 Å². The van der Waals surface area contributed by atoms with Gasteiger partial charge >= 0.3 is 6.18 Å². The molecular weight excluding hydrogens is 418 g/mol. The molecule has 0 radical (unpaired) electrons. The first-order valence-electron chi connectivity index (χ1n) is 9.39. The molecule has 1 N–H and O–H groups in total. The van der Waals surface area contributed by atoms with Gasteiger partial charge in [-0.05, 0) is 17.2 Å². The number of ketones is 1. The van der Waals surface area contributed by atoms with Gasteiger partial charge in [0.2, 0.25) is 0 Å². The van der Waals surface area contributed by atoms with Crippen LogP contribution in [-0.4, -0.2) is 45.2 Å². The lowest BCUT2D eigenvalue weighted by Crippen LogP contribution is -2.33. The number of hydrogen-bond donors (Lipinski definition) is 1.